The minimum atomic E-state index is 0.162. The molecule has 0 aliphatic heterocycles. The smallest absolute Gasteiger partial charge is 0.0654 e. The average molecular weight is 268 g/mol. The van der Waals surface area contributed by atoms with Crippen molar-refractivity contribution in [2.75, 3.05) is 6.61 Å². The first kappa shape index (κ1) is 17.0. The molecular formula is C18H36O. The maximum Gasteiger partial charge on any atom is 0.0654 e. The Hall–Kier alpha value is -0.0400. The van der Waals surface area contributed by atoms with Gasteiger partial charge in [-0.15, -0.1) is 0 Å². The third kappa shape index (κ3) is 8.68. The topological polar surface area (TPSA) is 9.23 Å². The molecule has 0 atom stereocenters. The van der Waals surface area contributed by atoms with Gasteiger partial charge in [-0.25, -0.2) is 0 Å². The zero-order chi connectivity index (χ0) is 13.8. The molecule has 0 radical (unpaired) electrons. The van der Waals surface area contributed by atoms with Gasteiger partial charge in [0, 0.05) is 6.61 Å². The molecule has 1 aliphatic rings. The summed E-state index contributed by atoms with van der Waals surface area (Å²) in [5, 5.41) is 0. The maximum absolute atomic E-state index is 6.05. The fourth-order valence-electron chi connectivity index (χ4n) is 3.38. The summed E-state index contributed by atoms with van der Waals surface area (Å²) < 4.78 is 6.05. The van der Waals surface area contributed by atoms with Crippen LogP contribution in [0.1, 0.15) is 104 Å². The van der Waals surface area contributed by atoms with Crippen molar-refractivity contribution in [2.24, 2.45) is 0 Å². The van der Waals surface area contributed by atoms with Crippen LogP contribution in [-0.2, 0) is 4.74 Å². The van der Waals surface area contributed by atoms with E-state index < -0.39 is 0 Å². The van der Waals surface area contributed by atoms with Crippen molar-refractivity contribution in [3.05, 3.63) is 0 Å². The van der Waals surface area contributed by atoms with Gasteiger partial charge < -0.3 is 4.74 Å². The van der Waals surface area contributed by atoms with Crippen LogP contribution in [0, 0.1) is 0 Å². The van der Waals surface area contributed by atoms with Gasteiger partial charge in [0.25, 0.3) is 0 Å². The van der Waals surface area contributed by atoms with Crippen molar-refractivity contribution < 1.29 is 4.74 Å². The summed E-state index contributed by atoms with van der Waals surface area (Å²) in [4.78, 5) is 0. The Balaban J connectivity index is 2.33. The molecule has 1 nitrogen and oxygen atoms in total. The van der Waals surface area contributed by atoms with Crippen LogP contribution in [0.2, 0.25) is 0 Å². The molecule has 1 heteroatoms. The summed E-state index contributed by atoms with van der Waals surface area (Å²) in [5.74, 6) is 0. The third-order valence-corrected chi connectivity index (χ3v) is 4.65. The van der Waals surface area contributed by atoms with Crippen molar-refractivity contribution in [2.45, 2.75) is 109 Å². The van der Waals surface area contributed by atoms with E-state index >= 15 is 0 Å². The lowest BCUT2D eigenvalue weighted by Gasteiger charge is -2.30. The lowest BCUT2D eigenvalue weighted by Crippen LogP contribution is -2.28. The van der Waals surface area contributed by atoms with Gasteiger partial charge in [-0.05, 0) is 26.7 Å². The molecule has 0 spiro atoms. The normalized spacial score (nSPS) is 24.3. The van der Waals surface area contributed by atoms with Crippen molar-refractivity contribution in [1.82, 2.24) is 0 Å². The molecule has 0 aromatic rings. The van der Waals surface area contributed by atoms with E-state index in [1.165, 1.54) is 89.9 Å². The second-order valence-corrected chi connectivity index (χ2v) is 6.63. The van der Waals surface area contributed by atoms with Crippen LogP contribution in [0.4, 0.5) is 0 Å². The van der Waals surface area contributed by atoms with E-state index in [9.17, 15) is 0 Å². The molecule has 19 heavy (non-hydrogen) atoms. The average Bonchev–Trinajstić information content (AvgIpc) is 2.39. The van der Waals surface area contributed by atoms with Gasteiger partial charge >= 0.3 is 0 Å². The van der Waals surface area contributed by atoms with E-state index in [2.05, 4.69) is 13.8 Å². The van der Waals surface area contributed by atoms with Gasteiger partial charge in [-0.2, -0.15) is 0 Å². The van der Waals surface area contributed by atoms with E-state index in [1.807, 2.05) is 0 Å². The highest BCUT2D eigenvalue weighted by Gasteiger charge is 2.23. The van der Waals surface area contributed by atoms with Gasteiger partial charge in [-0.1, -0.05) is 77.0 Å². The summed E-state index contributed by atoms with van der Waals surface area (Å²) in [6.07, 6.45) is 19.7. The van der Waals surface area contributed by atoms with E-state index in [4.69, 9.17) is 4.74 Å². The molecule has 1 rings (SSSR count). The van der Waals surface area contributed by atoms with E-state index in [0.717, 1.165) is 6.61 Å². The van der Waals surface area contributed by atoms with Crippen LogP contribution in [0.3, 0.4) is 0 Å². The highest BCUT2D eigenvalue weighted by atomic mass is 16.5. The second kappa shape index (κ2) is 10.7. The Morgan fingerprint density at radius 2 is 0.947 bits per heavy atom. The van der Waals surface area contributed by atoms with Gasteiger partial charge in [0.1, 0.15) is 0 Å². The van der Waals surface area contributed by atoms with Crippen molar-refractivity contribution >= 4 is 0 Å². The molecule has 0 bridgehead atoms. The van der Waals surface area contributed by atoms with E-state index in [1.54, 1.807) is 0 Å². The molecule has 1 fully saturated rings. The first-order valence-electron chi connectivity index (χ1n) is 8.91. The number of ether oxygens (including phenoxy) is 1. The fourth-order valence-corrected chi connectivity index (χ4v) is 3.38. The molecule has 114 valence electrons. The second-order valence-electron chi connectivity index (χ2n) is 6.63. The summed E-state index contributed by atoms with van der Waals surface area (Å²) in [6.45, 7) is 5.35. The lowest BCUT2D eigenvalue weighted by atomic mass is 9.91. The van der Waals surface area contributed by atoms with Crippen LogP contribution < -0.4 is 0 Å². The Labute approximate surface area is 121 Å². The minimum absolute atomic E-state index is 0.162. The summed E-state index contributed by atoms with van der Waals surface area (Å²) in [5.41, 5.74) is 0.162. The third-order valence-electron chi connectivity index (χ3n) is 4.65. The van der Waals surface area contributed by atoms with Crippen LogP contribution >= 0.6 is 0 Å². The first-order chi connectivity index (χ1) is 9.27. The van der Waals surface area contributed by atoms with E-state index in [-0.39, 0.29) is 5.60 Å². The van der Waals surface area contributed by atoms with E-state index in [0.29, 0.717) is 0 Å². The Morgan fingerprint density at radius 1 is 0.632 bits per heavy atom. The molecule has 0 aromatic carbocycles. The highest BCUT2D eigenvalue weighted by Crippen LogP contribution is 2.27. The van der Waals surface area contributed by atoms with Crippen LogP contribution in [0.25, 0.3) is 0 Å². The predicted octanol–water partition coefficient (Wildman–Crippen LogP) is 6.26. The van der Waals surface area contributed by atoms with Crippen LogP contribution in [0.15, 0.2) is 0 Å². The van der Waals surface area contributed by atoms with Crippen LogP contribution in [-0.4, -0.2) is 12.2 Å². The summed E-state index contributed by atoms with van der Waals surface area (Å²) in [7, 11) is 0. The molecule has 0 aromatic heterocycles. The zero-order valence-electron chi connectivity index (χ0n) is 13.5. The standard InChI is InChI=1S/C18H36O/c1-3-19-18(2)16-14-12-10-8-6-4-5-7-9-11-13-15-17-18/h3-17H2,1-2H3. The zero-order valence-corrected chi connectivity index (χ0v) is 13.5. The van der Waals surface area contributed by atoms with Crippen molar-refractivity contribution in [1.29, 1.82) is 0 Å². The summed E-state index contributed by atoms with van der Waals surface area (Å²) >= 11 is 0. The Kier molecular flexibility index (Phi) is 9.59. The number of hydrogen-bond acceptors (Lipinski definition) is 1. The SMILES string of the molecule is CCOC1(C)CCCCCCCCCCCCCC1. The molecule has 0 heterocycles. The molecule has 0 saturated heterocycles. The van der Waals surface area contributed by atoms with Gasteiger partial charge in [-0.3, -0.25) is 0 Å². The molecular weight excluding hydrogens is 232 g/mol. The largest absolute Gasteiger partial charge is 0.376 e. The number of rotatable bonds is 2. The maximum atomic E-state index is 6.05. The first-order valence-corrected chi connectivity index (χ1v) is 8.91. The van der Waals surface area contributed by atoms with Crippen LogP contribution in [0.5, 0.6) is 0 Å². The molecule has 0 amide bonds. The molecule has 0 unspecified atom stereocenters. The van der Waals surface area contributed by atoms with Crippen molar-refractivity contribution in [3.8, 4) is 0 Å². The Morgan fingerprint density at radius 3 is 1.26 bits per heavy atom. The number of hydrogen-bond donors (Lipinski definition) is 0. The van der Waals surface area contributed by atoms with Gasteiger partial charge in [0.2, 0.25) is 0 Å². The summed E-state index contributed by atoms with van der Waals surface area (Å²) in [6, 6.07) is 0. The molecule has 1 saturated carbocycles. The highest BCUT2D eigenvalue weighted by molar-refractivity contribution is 4.75. The quantitative estimate of drug-likeness (QED) is 0.574. The molecule has 0 N–H and O–H groups in total. The minimum Gasteiger partial charge on any atom is -0.376 e. The predicted molar refractivity (Wildman–Crippen MR) is 84.7 cm³/mol. The molecule has 1 aliphatic carbocycles. The fraction of sp³-hybridized carbons (Fsp3) is 1.00. The van der Waals surface area contributed by atoms with Gasteiger partial charge in [0.15, 0.2) is 0 Å². The van der Waals surface area contributed by atoms with Gasteiger partial charge in [0.05, 0.1) is 5.60 Å². The van der Waals surface area contributed by atoms with Crippen molar-refractivity contribution in [3.63, 3.8) is 0 Å². The Bertz CT molecular complexity index is 184. The monoisotopic (exact) mass is 268 g/mol. The lowest BCUT2D eigenvalue weighted by molar-refractivity contribution is -0.0403.